The first kappa shape index (κ1) is 21.7. The van der Waals surface area contributed by atoms with Crippen molar-refractivity contribution in [2.75, 3.05) is 11.9 Å². The predicted octanol–water partition coefficient (Wildman–Crippen LogP) is 3.83. The molecule has 0 bridgehead atoms. The van der Waals surface area contributed by atoms with Gasteiger partial charge in [-0.2, -0.15) is 0 Å². The third-order valence-electron chi connectivity index (χ3n) is 4.23. The topological polar surface area (TPSA) is 117 Å². The second-order valence-corrected chi connectivity index (χ2v) is 7.75. The Morgan fingerprint density at radius 3 is 2.73 bits per heavy atom. The Morgan fingerprint density at radius 2 is 2.03 bits per heavy atom. The SMILES string of the molecule is CC1=C(C(=O)Nc2cccc(Cl)c2)[C@H](c2cc(Br)ccc2OCC(=O)O)NC(=O)N1. The zero-order chi connectivity index (χ0) is 21.8. The maximum atomic E-state index is 13.1. The van der Waals surface area contributed by atoms with E-state index in [9.17, 15) is 14.4 Å². The second-order valence-electron chi connectivity index (χ2n) is 6.40. The van der Waals surface area contributed by atoms with Crippen LogP contribution in [0.5, 0.6) is 5.75 Å². The highest BCUT2D eigenvalue weighted by Gasteiger charge is 2.33. The number of aliphatic carboxylic acids is 1. The average molecular weight is 495 g/mol. The van der Waals surface area contributed by atoms with Crippen molar-refractivity contribution in [1.29, 1.82) is 0 Å². The van der Waals surface area contributed by atoms with Crippen molar-refractivity contribution in [3.63, 3.8) is 0 Å². The van der Waals surface area contributed by atoms with Crippen LogP contribution in [-0.4, -0.2) is 29.6 Å². The zero-order valence-corrected chi connectivity index (χ0v) is 18.0. The molecule has 4 N–H and O–H groups in total. The normalized spacial score (nSPS) is 15.8. The van der Waals surface area contributed by atoms with Crippen molar-refractivity contribution in [2.24, 2.45) is 0 Å². The molecule has 8 nitrogen and oxygen atoms in total. The summed E-state index contributed by atoms with van der Waals surface area (Å²) >= 11 is 9.34. The summed E-state index contributed by atoms with van der Waals surface area (Å²) in [6.07, 6.45) is 0. The summed E-state index contributed by atoms with van der Waals surface area (Å²) < 4.78 is 6.04. The molecule has 156 valence electrons. The highest BCUT2D eigenvalue weighted by molar-refractivity contribution is 9.10. The molecule has 0 aromatic heterocycles. The molecule has 0 spiro atoms. The Kier molecular flexibility index (Phi) is 6.63. The van der Waals surface area contributed by atoms with Crippen LogP contribution < -0.4 is 20.7 Å². The Balaban J connectivity index is 2.00. The minimum absolute atomic E-state index is 0.230. The summed E-state index contributed by atoms with van der Waals surface area (Å²) in [6.45, 7) is 1.04. The van der Waals surface area contributed by atoms with Gasteiger partial charge in [0.05, 0.1) is 11.6 Å². The van der Waals surface area contributed by atoms with E-state index in [1.165, 1.54) is 0 Å². The van der Waals surface area contributed by atoms with Crippen LogP contribution in [0.25, 0.3) is 0 Å². The van der Waals surface area contributed by atoms with E-state index in [-0.39, 0.29) is 11.3 Å². The number of hydrogen-bond acceptors (Lipinski definition) is 4. The van der Waals surface area contributed by atoms with Crippen LogP contribution in [-0.2, 0) is 9.59 Å². The molecular weight excluding hydrogens is 478 g/mol. The molecule has 1 atom stereocenters. The van der Waals surface area contributed by atoms with Crippen LogP contribution in [0, 0.1) is 0 Å². The summed E-state index contributed by atoms with van der Waals surface area (Å²) in [5.41, 5.74) is 1.51. The first-order valence-electron chi connectivity index (χ1n) is 8.74. The number of carbonyl (C=O) groups is 3. The van der Waals surface area contributed by atoms with Gasteiger partial charge >= 0.3 is 12.0 Å². The molecule has 3 rings (SSSR count). The minimum atomic E-state index is -1.15. The predicted molar refractivity (Wildman–Crippen MR) is 114 cm³/mol. The fraction of sp³-hybridized carbons (Fsp3) is 0.150. The van der Waals surface area contributed by atoms with Gasteiger partial charge in [0.15, 0.2) is 6.61 Å². The Morgan fingerprint density at radius 1 is 1.27 bits per heavy atom. The Bertz CT molecular complexity index is 1060. The first-order chi connectivity index (χ1) is 14.2. The Labute approximate surface area is 185 Å². The number of hydrogen-bond donors (Lipinski definition) is 4. The van der Waals surface area contributed by atoms with Crippen molar-refractivity contribution in [1.82, 2.24) is 10.6 Å². The summed E-state index contributed by atoms with van der Waals surface area (Å²) in [5.74, 6) is -1.38. The third-order valence-corrected chi connectivity index (χ3v) is 4.96. The number of halogens is 2. The van der Waals surface area contributed by atoms with Gasteiger partial charge in [0.2, 0.25) is 0 Å². The van der Waals surface area contributed by atoms with E-state index in [0.29, 0.717) is 26.4 Å². The number of benzene rings is 2. The highest BCUT2D eigenvalue weighted by Crippen LogP contribution is 2.35. The number of carboxylic acid groups (broad SMARTS) is 1. The van der Waals surface area contributed by atoms with E-state index in [2.05, 4.69) is 31.9 Å². The van der Waals surface area contributed by atoms with E-state index in [1.54, 1.807) is 49.4 Å². The molecule has 0 unspecified atom stereocenters. The molecule has 10 heteroatoms. The fourth-order valence-electron chi connectivity index (χ4n) is 3.01. The summed E-state index contributed by atoms with van der Waals surface area (Å²) in [5, 5.41) is 17.5. The number of allylic oxidation sites excluding steroid dienone is 1. The number of anilines is 1. The molecule has 1 heterocycles. The number of urea groups is 1. The van der Waals surface area contributed by atoms with E-state index in [1.807, 2.05) is 0 Å². The van der Waals surface area contributed by atoms with Gasteiger partial charge in [-0.05, 0) is 43.3 Å². The van der Waals surface area contributed by atoms with Crippen LogP contribution in [0.15, 0.2) is 58.2 Å². The van der Waals surface area contributed by atoms with Gasteiger partial charge in [-0.1, -0.05) is 33.6 Å². The van der Waals surface area contributed by atoms with Gasteiger partial charge in [-0.3, -0.25) is 4.79 Å². The monoisotopic (exact) mass is 493 g/mol. The van der Waals surface area contributed by atoms with Gasteiger partial charge in [0, 0.05) is 26.4 Å². The van der Waals surface area contributed by atoms with Crippen molar-refractivity contribution < 1.29 is 24.2 Å². The van der Waals surface area contributed by atoms with Gasteiger partial charge in [-0.25, -0.2) is 9.59 Å². The quantitative estimate of drug-likeness (QED) is 0.487. The first-order valence-corrected chi connectivity index (χ1v) is 9.91. The minimum Gasteiger partial charge on any atom is -0.482 e. The third kappa shape index (κ3) is 5.11. The molecule has 0 saturated heterocycles. The lowest BCUT2D eigenvalue weighted by Crippen LogP contribution is -2.46. The molecule has 0 radical (unpaired) electrons. The molecule has 30 heavy (non-hydrogen) atoms. The fourth-order valence-corrected chi connectivity index (χ4v) is 3.58. The van der Waals surface area contributed by atoms with E-state index >= 15 is 0 Å². The molecular formula is C20H17BrClN3O5. The molecule has 2 aromatic carbocycles. The van der Waals surface area contributed by atoms with Gasteiger partial charge in [-0.15, -0.1) is 0 Å². The summed E-state index contributed by atoms with van der Waals surface area (Å²) in [4.78, 5) is 36.2. The lowest BCUT2D eigenvalue weighted by atomic mass is 9.94. The van der Waals surface area contributed by atoms with Gasteiger partial charge in [0.25, 0.3) is 5.91 Å². The van der Waals surface area contributed by atoms with Crippen LogP contribution in [0.4, 0.5) is 10.5 Å². The number of amides is 3. The van der Waals surface area contributed by atoms with Crippen LogP contribution in [0.1, 0.15) is 18.5 Å². The molecule has 0 fully saturated rings. The maximum absolute atomic E-state index is 13.1. The summed E-state index contributed by atoms with van der Waals surface area (Å²) in [7, 11) is 0. The van der Waals surface area contributed by atoms with Crippen molar-refractivity contribution in [2.45, 2.75) is 13.0 Å². The highest BCUT2D eigenvalue weighted by atomic mass is 79.9. The molecule has 1 aliphatic heterocycles. The second kappa shape index (κ2) is 9.19. The van der Waals surface area contributed by atoms with Gasteiger partial charge < -0.3 is 25.8 Å². The Hall–Kier alpha value is -3.04. The van der Waals surface area contributed by atoms with Crippen molar-refractivity contribution in [3.8, 4) is 5.75 Å². The molecule has 3 amide bonds. The van der Waals surface area contributed by atoms with Crippen LogP contribution >= 0.6 is 27.5 Å². The molecule has 0 aliphatic carbocycles. The van der Waals surface area contributed by atoms with Crippen LogP contribution in [0.3, 0.4) is 0 Å². The number of ether oxygens (including phenoxy) is 1. The number of carboxylic acids is 1. The molecule has 1 aliphatic rings. The van der Waals surface area contributed by atoms with E-state index in [4.69, 9.17) is 21.4 Å². The van der Waals surface area contributed by atoms with Crippen molar-refractivity contribution in [3.05, 3.63) is 68.8 Å². The largest absolute Gasteiger partial charge is 0.482 e. The molecule has 2 aromatic rings. The molecule has 0 saturated carbocycles. The number of rotatable bonds is 6. The van der Waals surface area contributed by atoms with E-state index < -0.39 is 30.6 Å². The zero-order valence-electron chi connectivity index (χ0n) is 15.7. The smallest absolute Gasteiger partial charge is 0.341 e. The van der Waals surface area contributed by atoms with E-state index in [0.717, 1.165) is 0 Å². The average Bonchev–Trinajstić information content (AvgIpc) is 2.66. The van der Waals surface area contributed by atoms with Crippen LogP contribution in [0.2, 0.25) is 5.02 Å². The number of nitrogens with one attached hydrogen (secondary N) is 3. The summed E-state index contributed by atoms with van der Waals surface area (Å²) in [6, 6.07) is 10.2. The number of carbonyl (C=O) groups excluding carboxylic acids is 2. The standard InChI is InChI=1S/C20H17BrClN3O5/c1-10-17(19(28)24-13-4-2-3-12(22)8-13)18(25-20(29)23-10)14-7-11(21)5-6-15(14)30-9-16(26)27/h2-8,18H,9H2,1H3,(H,24,28)(H,26,27)(H2,23,25,29)/t18-/m0/s1. The van der Waals surface area contributed by atoms with Crippen molar-refractivity contribution >= 4 is 51.1 Å². The lowest BCUT2D eigenvalue weighted by molar-refractivity contribution is -0.139. The maximum Gasteiger partial charge on any atom is 0.341 e. The lowest BCUT2D eigenvalue weighted by Gasteiger charge is -2.29. The van der Waals surface area contributed by atoms with Gasteiger partial charge in [0.1, 0.15) is 5.75 Å².